The summed E-state index contributed by atoms with van der Waals surface area (Å²) in [6.07, 6.45) is 0. The molecule has 0 bridgehead atoms. The van der Waals surface area contributed by atoms with E-state index in [0.29, 0.717) is 5.56 Å². The van der Waals surface area contributed by atoms with E-state index in [0.717, 1.165) is 15.2 Å². The third kappa shape index (κ3) is 1.86. The van der Waals surface area contributed by atoms with Crippen LogP contribution in [0.5, 0.6) is 0 Å². The molecule has 0 aliphatic heterocycles. The Hall–Kier alpha value is -0.740. The van der Waals surface area contributed by atoms with Crippen LogP contribution in [0.2, 0.25) is 0 Å². The first-order chi connectivity index (χ1) is 6.66. The van der Waals surface area contributed by atoms with Crippen molar-refractivity contribution in [1.82, 2.24) is 4.98 Å². The Labute approximate surface area is 93.7 Å². The average molecular weight is 272 g/mol. The van der Waals surface area contributed by atoms with Crippen molar-refractivity contribution in [3.05, 3.63) is 39.6 Å². The van der Waals surface area contributed by atoms with Crippen molar-refractivity contribution in [3.8, 4) is 10.6 Å². The fourth-order valence-electron chi connectivity index (χ4n) is 1.14. The Balaban J connectivity index is 2.52. The number of benzene rings is 1. The first-order valence-corrected chi connectivity index (χ1v) is 5.71. The Bertz CT molecular complexity index is 467. The van der Waals surface area contributed by atoms with Gasteiger partial charge in [0.2, 0.25) is 0 Å². The van der Waals surface area contributed by atoms with Gasteiger partial charge in [0.05, 0.1) is 0 Å². The third-order valence-corrected chi connectivity index (χ3v) is 3.27. The number of hydrogen-bond acceptors (Lipinski definition) is 2. The van der Waals surface area contributed by atoms with E-state index in [-0.39, 0.29) is 5.82 Å². The summed E-state index contributed by atoms with van der Waals surface area (Å²) in [6.45, 7) is 1.90. The molecule has 14 heavy (non-hydrogen) atoms. The predicted octanol–water partition coefficient (Wildman–Crippen LogP) is 4.02. The van der Waals surface area contributed by atoms with Crippen LogP contribution in [-0.4, -0.2) is 4.98 Å². The number of nitrogens with zero attached hydrogens (tertiary/aromatic N) is 1. The van der Waals surface area contributed by atoms with Crippen molar-refractivity contribution >= 4 is 27.3 Å². The van der Waals surface area contributed by atoms with E-state index in [9.17, 15) is 4.39 Å². The van der Waals surface area contributed by atoms with E-state index in [1.54, 1.807) is 6.07 Å². The lowest BCUT2D eigenvalue weighted by Crippen LogP contribution is -1.83. The van der Waals surface area contributed by atoms with Gasteiger partial charge in [-0.25, -0.2) is 9.37 Å². The molecule has 0 fully saturated rings. The molecule has 0 radical (unpaired) electrons. The van der Waals surface area contributed by atoms with E-state index in [1.807, 2.05) is 18.4 Å². The van der Waals surface area contributed by atoms with Crippen LogP contribution in [0.15, 0.2) is 28.1 Å². The van der Waals surface area contributed by atoms with Gasteiger partial charge >= 0.3 is 0 Å². The lowest BCUT2D eigenvalue weighted by molar-refractivity contribution is 0.630. The summed E-state index contributed by atoms with van der Waals surface area (Å²) in [5, 5.41) is 2.64. The standard InChI is InChI=1S/C10H7BrFNS/c1-6-5-14-10(13-6)8-3-2-7(11)4-9(8)12/h2-5H,1H3. The van der Waals surface area contributed by atoms with Crippen molar-refractivity contribution in [2.45, 2.75) is 6.92 Å². The number of aromatic nitrogens is 1. The summed E-state index contributed by atoms with van der Waals surface area (Å²) in [4.78, 5) is 4.23. The van der Waals surface area contributed by atoms with Crippen molar-refractivity contribution < 1.29 is 4.39 Å². The lowest BCUT2D eigenvalue weighted by Gasteiger charge is -1.98. The molecule has 1 aromatic heterocycles. The minimum atomic E-state index is -0.242. The monoisotopic (exact) mass is 271 g/mol. The second kappa shape index (κ2) is 3.79. The van der Waals surface area contributed by atoms with E-state index in [1.165, 1.54) is 17.4 Å². The van der Waals surface area contributed by atoms with Gasteiger partial charge in [0.15, 0.2) is 0 Å². The average Bonchev–Trinajstić information content (AvgIpc) is 2.51. The van der Waals surface area contributed by atoms with Gasteiger partial charge in [0.25, 0.3) is 0 Å². The molecule has 0 saturated heterocycles. The highest BCUT2D eigenvalue weighted by Gasteiger charge is 2.08. The molecular weight excluding hydrogens is 265 g/mol. The van der Waals surface area contributed by atoms with Crippen LogP contribution in [0, 0.1) is 12.7 Å². The first kappa shape index (κ1) is 9.80. The minimum absolute atomic E-state index is 0.242. The molecule has 4 heteroatoms. The molecule has 1 aromatic carbocycles. The molecule has 0 aliphatic rings. The number of hydrogen-bond donors (Lipinski definition) is 0. The van der Waals surface area contributed by atoms with Gasteiger partial charge < -0.3 is 0 Å². The van der Waals surface area contributed by atoms with E-state index in [2.05, 4.69) is 20.9 Å². The zero-order valence-electron chi connectivity index (χ0n) is 7.42. The summed E-state index contributed by atoms with van der Waals surface area (Å²) < 4.78 is 14.2. The summed E-state index contributed by atoms with van der Waals surface area (Å²) in [5.41, 5.74) is 1.48. The normalized spacial score (nSPS) is 10.5. The minimum Gasteiger partial charge on any atom is -0.241 e. The first-order valence-electron chi connectivity index (χ1n) is 4.04. The number of thiazole rings is 1. The molecule has 2 aromatic rings. The molecule has 0 unspecified atom stereocenters. The zero-order chi connectivity index (χ0) is 10.1. The van der Waals surface area contributed by atoms with Crippen LogP contribution < -0.4 is 0 Å². The van der Waals surface area contributed by atoms with Gasteiger partial charge in [-0.2, -0.15) is 0 Å². The number of rotatable bonds is 1. The molecule has 0 N–H and O–H groups in total. The van der Waals surface area contributed by atoms with Gasteiger partial charge in [-0.1, -0.05) is 15.9 Å². The van der Waals surface area contributed by atoms with E-state index >= 15 is 0 Å². The molecule has 0 amide bonds. The highest BCUT2D eigenvalue weighted by atomic mass is 79.9. The quantitative estimate of drug-likeness (QED) is 0.764. The van der Waals surface area contributed by atoms with Crippen LogP contribution in [-0.2, 0) is 0 Å². The van der Waals surface area contributed by atoms with Crippen molar-refractivity contribution in [2.75, 3.05) is 0 Å². The highest BCUT2D eigenvalue weighted by molar-refractivity contribution is 9.10. The van der Waals surface area contributed by atoms with Crippen LogP contribution in [0.25, 0.3) is 10.6 Å². The third-order valence-electron chi connectivity index (χ3n) is 1.78. The van der Waals surface area contributed by atoms with Crippen LogP contribution >= 0.6 is 27.3 Å². The summed E-state index contributed by atoms with van der Waals surface area (Å²) in [7, 11) is 0. The SMILES string of the molecule is Cc1csc(-c2ccc(Br)cc2F)n1. The molecule has 1 heterocycles. The van der Waals surface area contributed by atoms with Gasteiger partial charge in [-0.3, -0.25) is 0 Å². The molecular formula is C10H7BrFNS. The molecule has 2 rings (SSSR count). The predicted molar refractivity (Wildman–Crippen MR) is 59.9 cm³/mol. The zero-order valence-corrected chi connectivity index (χ0v) is 9.82. The molecule has 1 nitrogen and oxygen atoms in total. The molecule has 0 aliphatic carbocycles. The highest BCUT2D eigenvalue weighted by Crippen LogP contribution is 2.27. The fourth-order valence-corrected chi connectivity index (χ4v) is 2.30. The molecule has 0 spiro atoms. The van der Waals surface area contributed by atoms with Gasteiger partial charge in [0.1, 0.15) is 10.8 Å². The van der Waals surface area contributed by atoms with Crippen molar-refractivity contribution in [2.24, 2.45) is 0 Å². The number of aryl methyl sites for hydroxylation is 1. The largest absolute Gasteiger partial charge is 0.241 e. The topological polar surface area (TPSA) is 12.9 Å². The van der Waals surface area contributed by atoms with E-state index in [4.69, 9.17) is 0 Å². The van der Waals surface area contributed by atoms with E-state index < -0.39 is 0 Å². The van der Waals surface area contributed by atoms with Gasteiger partial charge in [-0.05, 0) is 25.1 Å². The molecule has 0 saturated carbocycles. The van der Waals surface area contributed by atoms with Crippen LogP contribution in [0.4, 0.5) is 4.39 Å². The fraction of sp³-hybridized carbons (Fsp3) is 0.100. The van der Waals surface area contributed by atoms with Crippen molar-refractivity contribution in [3.63, 3.8) is 0 Å². The summed E-state index contributed by atoms with van der Waals surface area (Å²) in [6, 6.07) is 5.00. The smallest absolute Gasteiger partial charge is 0.134 e. The van der Waals surface area contributed by atoms with Crippen molar-refractivity contribution in [1.29, 1.82) is 0 Å². The van der Waals surface area contributed by atoms with Crippen LogP contribution in [0.3, 0.4) is 0 Å². The van der Waals surface area contributed by atoms with Crippen LogP contribution in [0.1, 0.15) is 5.69 Å². The Morgan fingerprint density at radius 2 is 2.21 bits per heavy atom. The number of halogens is 2. The maximum Gasteiger partial charge on any atom is 0.134 e. The Morgan fingerprint density at radius 1 is 1.43 bits per heavy atom. The van der Waals surface area contributed by atoms with Gasteiger partial charge in [0, 0.05) is 21.1 Å². The Kier molecular flexibility index (Phi) is 2.65. The molecule has 0 atom stereocenters. The Morgan fingerprint density at radius 3 is 2.79 bits per heavy atom. The second-order valence-corrected chi connectivity index (χ2v) is 4.69. The summed E-state index contributed by atoms with van der Waals surface area (Å²) >= 11 is 4.67. The maximum atomic E-state index is 13.5. The molecule has 72 valence electrons. The maximum absolute atomic E-state index is 13.5. The summed E-state index contributed by atoms with van der Waals surface area (Å²) in [5.74, 6) is -0.242. The van der Waals surface area contributed by atoms with Gasteiger partial charge in [-0.15, -0.1) is 11.3 Å². The second-order valence-electron chi connectivity index (χ2n) is 2.92. The lowest BCUT2D eigenvalue weighted by atomic mass is 10.2.